The van der Waals surface area contributed by atoms with E-state index < -0.39 is 0 Å². The SMILES string of the molecule is CCCCn1c(SCC(=O)N(C)CC2CC2)nnc1-c1ccc(OC)cc1. The van der Waals surface area contributed by atoms with Crippen LogP contribution in [0, 0.1) is 5.92 Å². The van der Waals surface area contributed by atoms with Gasteiger partial charge in [0.25, 0.3) is 0 Å². The second-order valence-corrected chi connectivity index (χ2v) is 7.99. The zero-order valence-corrected chi connectivity index (χ0v) is 17.2. The minimum absolute atomic E-state index is 0.155. The molecule has 0 radical (unpaired) electrons. The molecule has 0 atom stereocenters. The summed E-state index contributed by atoms with van der Waals surface area (Å²) in [5.74, 6) is 2.92. The number of carbonyl (C=O) groups excluding carboxylic acids is 1. The number of unbranched alkanes of at least 4 members (excludes halogenated alkanes) is 1. The maximum Gasteiger partial charge on any atom is 0.232 e. The smallest absolute Gasteiger partial charge is 0.232 e. The zero-order valence-electron chi connectivity index (χ0n) is 16.4. The fraction of sp³-hybridized carbons (Fsp3) is 0.550. The van der Waals surface area contributed by atoms with Crippen LogP contribution in [0.5, 0.6) is 5.75 Å². The van der Waals surface area contributed by atoms with Crippen LogP contribution < -0.4 is 4.74 Å². The molecule has 146 valence electrons. The van der Waals surface area contributed by atoms with Crippen molar-refractivity contribution in [1.82, 2.24) is 19.7 Å². The molecule has 1 amide bonds. The highest BCUT2D eigenvalue weighted by atomic mass is 32.2. The monoisotopic (exact) mass is 388 g/mol. The van der Waals surface area contributed by atoms with E-state index in [-0.39, 0.29) is 5.91 Å². The molecular formula is C20H28N4O2S. The fourth-order valence-electron chi connectivity index (χ4n) is 2.89. The van der Waals surface area contributed by atoms with Gasteiger partial charge in [-0.1, -0.05) is 25.1 Å². The van der Waals surface area contributed by atoms with Crippen molar-refractivity contribution in [3.05, 3.63) is 24.3 Å². The number of hydrogen-bond acceptors (Lipinski definition) is 5. The van der Waals surface area contributed by atoms with Gasteiger partial charge in [0.1, 0.15) is 5.75 Å². The van der Waals surface area contributed by atoms with Crippen LogP contribution in [-0.2, 0) is 11.3 Å². The first kappa shape index (κ1) is 19.7. The normalized spacial score (nSPS) is 13.6. The summed E-state index contributed by atoms with van der Waals surface area (Å²) in [5, 5.41) is 9.58. The Morgan fingerprint density at radius 2 is 2.04 bits per heavy atom. The van der Waals surface area contributed by atoms with E-state index in [4.69, 9.17) is 4.74 Å². The lowest BCUT2D eigenvalue weighted by Gasteiger charge is -2.16. The van der Waals surface area contributed by atoms with Crippen LogP contribution in [0.25, 0.3) is 11.4 Å². The van der Waals surface area contributed by atoms with Gasteiger partial charge in [0.2, 0.25) is 5.91 Å². The second-order valence-electron chi connectivity index (χ2n) is 7.05. The summed E-state index contributed by atoms with van der Waals surface area (Å²) in [6.45, 7) is 3.89. The highest BCUT2D eigenvalue weighted by Crippen LogP contribution is 2.30. The van der Waals surface area contributed by atoms with Crippen LogP contribution in [0.4, 0.5) is 0 Å². The molecule has 27 heavy (non-hydrogen) atoms. The molecule has 0 spiro atoms. The van der Waals surface area contributed by atoms with Crippen LogP contribution in [0.3, 0.4) is 0 Å². The van der Waals surface area contributed by atoms with Crippen molar-refractivity contribution in [2.45, 2.75) is 44.3 Å². The molecule has 1 aromatic heterocycles. The third-order valence-corrected chi connectivity index (χ3v) is 5.73. The van der Waals surface area contributed by atoms with E-state index in [1.54, 1.807) is 7.11 Å². The minimum Gasteiger partial charge on any atom is -0.497 e. The van der Waals surface area contributed by atoms with E-state index in [9.17, 15) is 4.79 Å². The number of carbonyl (C=O) groups is 1. The number of aromatic nitrogens is 3. The number of methoxy groups -OCH3 is 1. The number of rotatable bonds is 10. The standard InChI is InChI=1S/C20H28N4O2S/c1-4-5-12-24-19(16-8-10-17(26-3)11-9-16)21-22-20(24)27-14-18(25)23(2)13-15-6-7-15/h8-11,15H,4-7,12-14H2,1-3H3. The van der Waals surface area contributed by atoms with Crippen LogP contribution in [0.1, 0.15) is 32.6 Å². The molecule has 1 fully saturated rings. The predicted octanol–water partition coefficient (Wildman–Crippen LogP) is 3.71. The maximum atomic E-state index is 12.4. The molecule has 2 aromatic rings. The number of benzene rings is 1. The van der Waals surface area contributed by atoms with Crippen molar-refractivity contribution < 1.29 is 9.53 Å². The summed E-state index contributed by atoms with van der Waals surface area (Å²) in [4.78, 5) is 14.2. The third-order valence-electron chi connectivity index (χ3n) is 4.78. The fourth-order valence-corrected chi connectivity index (χ4v) is 3.80. The molecule has 0 N–H and O–H groups in total. The van der Waals surface area contributed by atoms with Gasteiger partial charge in [-0.05, 0) is 49.4 Å². The highest BCUT2D eigenvalue weighted by Gasteiger charge is 2.25. The Morgan fingerprint density at radius 3 is 2.67 bits per heavy atom. The molecule has 0 saturated heterocycles. The molecule has 1 aliphatic rings. The number of thioether (sulfide) groups is 1. The van der Waals surface area contributed by atoms with Gasteiger partial charge in [0.15, 0.2) is 11.0 Å². The summed E-state index contributed by atoms with van der Waals surface area (Å²) < 4.78 is 7.36. The molecule has 0 bridgehead atoms. The first-order chi connectivity index (χ1) is 13.1. The molecule has 6 nitrogen and oxygen atoms in total. The lowest BCUT2D eigenvalue weighted by molar-refractivity contribution is -0.127. The largest absolute Gasteiger partial charge is 0.497 e. The maximum absolute atomic E-state index is 12.4. The topological polar surface area (TPSA) is 60.2 Å². The molecule has 1 aliphatic carbocycles. The van der Waals surface area contributed by atoms with Crippen LogP contribution in [0.2, 0.25) is 0 Å². The third kappa shape index (κ3) is 5.25. The van der Waals surface area contributed by atoms with Gasteiger partial charge in [-0.15, -0.1) is 10.2 Å². The van der Waals surface area contributed by atoms with Gasteiger partial charge in [0, 0.05) is 25.7 Å². The Morgan fingerprint density at radius 1 is 1.30 bits per heavy atom. The molecule has 1 aromatic carbocycles. The highest BCUT2D eigenvalue weighted by molar-refractivity contribution is 7.99. The molecule has 0 aliphatic heterocycles. The van der Waals surface area contributed by atoms with Crippen molar-refractivity contribution in [2.24, 2.45) is 5.92 Å². The molecule has 0 unspecified atom stereocenters. The Hall–Kier alpha value is -2.02. The Labute approximate surface area is 165 Å². The minimum atomic E-state index is 0.155. The van der Waals surface area contributed by atoms with Crippen LogP contribution in [0.15, 0.2) is 29.4 Å². The molecule has 1 heterocycles. The quantitative estimate of drug-likeness (QED) is 0.581. The van der Waals surface area contributed by atoms with Crippen molar-refractivity contribution in [3.63, 3.8) is 0 Å². The number of amides is 1. The Kier molecular flexibility index (Phi) is 6.77. The first-order valence-electron chi connectivity index (χ1n) is 9.56. The summed E-state index contributed by atoms with van der Waals surface area (Å²) in [5.41, 5.74) is 1.00. The van der Waals surface area contributed by atoms with Gasteiger partial charge in [-0.2, -0.15) is 0 Å². The summed E-state index contributed by atoms with van der Waals surface area (Å²) in [6, 6.07) is 7.84. The molecule has 7 heteroatoms. The summed E-state index contributed by atoms with van der Waals surface area (Å²) >= 11 is 1.48. The van der Waals surface area contributed by atoms with Gasteiger partial charge < -0.3 is 14.2 Å². The first-order valence-corrected chi connectivity index (χ1v) is 10.5. The number of ether oxygens (including phenoxy) is 1. The molecular weight excluding hydrogens is 360 g/mol. The van der Waals surface area contributed by atoms with Crippen LogP contribution >= 0.6 is 11.8 Å². The lowest BCUT2D eigenvalue weighted by Crippen LogP contribution is -2.30. The van der Waals surface area contributed by atoms with E-state index in [0.29, 0.717) is 11.7 Å². The van der Waals surface area contributed by atoms with E-state index >= 15 is 0 Å². The average Bonchev–Trinajstić information content (AvgIpc) is 3.41. The summed E-state index contributed by atoms with van der Waals surface area (Å²) in [6.07, 6.45) is 4.64. The second kappa shape index (κ2) is 9.26. The number of hydrogen-bond donors (Lipinski definition) is 0. The average molecular weight is 389 g/mol. The van der Waals surface area contributed by atoms with Crippen LogP contribution in [-0.4, -0.2) is 52.0 Å². The van der Waals surface area contributed by atoms with Gasteiger partial charge >= 0.3 is 0 Å². The van der Waals surface area contributed by atoms with E-state index in [0.717, 1.165) is 48.2 Å². The Bertz CT molecular complexity index is 756. The Balaban J connectivity index is 1.71. The van der Waals surface area contributed by atoms with Crippen molar-refractivity contribution >= 4 is 17.7 Å². The lowest BCUT2D eigenvalue weighted by atomic mass is 10.2. The van der Waals surface area contributed by atoms with Gasteiger partial charge in [0.05, 0.1) is 12.9 Å². The molecule has 1 saturated carbocycles. The summed E-state index contributed by atoms with van der Waals surface area (Å²) in [7, 11) is 3.55. The predicted molar refractivity (Wildman–Crippen MR) is 108 cm³/mol. The van der Waals surface area contributed by atoms with Crippen molar-refractivity contribution in [3.8, 4) is 17.1 Å². The molecule has 3 rings (SSSR count). The van der Waals surface area contributed by atoms with Gasteiger partial charge in [-0.3, -0.25) is 4.79 Å². The van der Waals surface area contributed by atoms with Gasteiger partial charge in [-0.25, -0.2) is 0 Å². The van der Waals surface area contributed by atoms with E-state index in [1.807, 2.05) is 36.2 Å². The van der Waals surface area contributed by atoms with E-state index in [1.165, 1.54) is 24.6 Å². The zero-order chi connectivity index (χ0) is 19.2. The van der Waals surface area contributed by atoms with E-state index in [2.05, 4.69) is 21.7 Å². The number of nitrogens with zero attached hydrogens (tertiary/aromatic N) is 4. The van der Waals surface area contributed by atoms with Crippen molar-refractivity contribution in [1.29, 1.82) is 0 Å². The van der Waals surface area contributed by atoms with Crippen molar-refractivity contribution in [2.75, 3.05) is 26.5 Å².